The third-order valence-electron chi connectivity index (χ3n) is 2.53. The monoisotopic (exact) mass is 233 g/mol. The van der Waals surface area contributed by atoms with Gasteiger partial charge in [0, 0.05) is 5.03 Å². The Bertz CT molecular complexity index is 523. The fourth-order valence-corrected chi connectivity index (χ4v) is 1.94. The molecule has 0 radical (unpaired) electrons. The summed E-state index contributed by atoms with van der Waals surface area (Å²) in [6, 6.07) is 6.44. The molecule has 80 valence electrons. The quantitative estimate of drug-likeness (QED) is 0.719. The van der Waals surface area contributed by atoms with Gasteiger partial charge in [0.15, 0.2) is 0 Å². The predicted octanol–water partition coefficient (Wildman–Crippen LogP) is 4.00. The van der Waals surface area contributed by atoms with E-state index in [2.05, 4.69) is 0 Å². The zero-order chi connectivity index (χ0) is 11.5. The Morgan fingerprint density at radius 3 is 2.81 bits per heavy atom. The summed E-state index contributed by atoms with van der Waals surface area (Å²) in [6.07, 6.45) is 5.49. The van der Waals surface area contributed by atoms with Crippen LogP contribution in [0.2, 0.25) is 0 Å². The van der Waals surface area contributed by atoms with E-state index in [0.29, 0.717) is 5.03 Å². The van der Waals surface area contributed by atoms with Gasteiger partial charge in [-0.1, -0.05) is 23.7 Å². The van der Waals surface area contributed by atoms with Gasteiger partial charge in [0.05, 0.1) is 5.56 Å². The molecular weight excluding hydrogens is 225 g/mol. The highest BCUT2D eigenvalue weighted by atomic mass is 35.5. The highest BCUT2D eigenvalue weighted by molar-refractivity contribution is 6.31. The van der Waals surface area contributed by atoms with E-state index in [1.165, 1.54) is 12.1 Å². The first kappa shape index (κ1) is 10.9. The van der Waals surface area contributed by atoms with Crippen molar-refractivity contribution >= 4 is 17.2 Å². The van der Waals surface area contributed by atoms with Crippen LogP contribution in [0.15, 0.2) is 35.4 Å². The van der Waals surface area contributed by atoms with E-state index in [9.17, 15) is 4.39 Å². The second kappa shape index (κ2) is 4.51. The molecule has 1 nitrogen and oxygen atoms in total. The van der Waals surface area contributed by atoms with Gasteiger partial charge >= 0.3 is 0 Å². The van der Waals surface area contributed by atoms with Crippen molar-refractivity contribution in [2.75, 3.05) is 0 Å². The lowest BCUT2D eigenvalue weighted by Gasteiger charge is -2.11. The van der Waals surface area contributed by atoms with E-state index >= 15 is 0 Å². The highest BCUT2D eigenvalue weighted by Gasteiger charge is 2.09. The summed E-state index contributed by atoms with van der Waals surface area (Å²) >= 11 is 5.90. The molecule has 0 aromatic heterocycles. The zero-order valence-electron chi connectivity index (χ0n) is 8.50. The molecule has 0 N–H and O–H groups in total. The van der Waals surface area contributed by atoms with Crippen LogP contribution >= 0.6 is 11.6 Å². The molecule has 0 spiro atoms. The largest absolute Gasteiger partial charge is 0.206 e. The Balaban J connectivity index is 2.39. The van der Waals surface area contributed by atoms with Crippen molar-refractivity contribution in [1.82, 2.24) is 0 Å². The third-order valence-corrected chi connectivity index (χ3v) is 2.79. The lowest BCUT2D eigenvalue weighted by Crippen LogP contribution is -1.92. The summed E-state index contributed by atoms with van der Waals surface area (Å²) in [5, 5.41) is 9.31. The molecule has 0 aliphatic heterocycles. The van der Waals surface area contributed by atoms with Crippen molar-refractivity contribution < 1.29 is 4.39 Å². The summed E-state index contributed by atoms with van der Waals surface area (Å²) in [5.74, 6) is -0.480. The Hall–Kier alpha value is -1.59. The molecule has 1 aliphatic rings. The van der Waals surface area contributed by atoms with Crippen LogP contribution in [-0.2, 0) is 0 Å². The summed E-state index contributed by atoms with van der Waals surface area (Å²) in [4.78, 5) is 0. The molecule has 0 fully saturated rings. The van der Waals surface area contributed by atoms with Gasteiger partial charge in [0.25, 0.3) is 0 Å². The Morgan fingerprint density at radius 1 is 1.38 bits per heavy atom. The molecule has 0 atom stereocenters. The SMILES string of the molecule is N#Cc1ccc(C2=CC(Cl)=CCC2)cc1F. The van der Waals surface area contributed by atoms with Crippen LogP contribution in [0.5, 0.6) is 0 Å². The maximum Gasteiger partial charge on any atom is 0.141 e. The molecular formula is C13H9ClFN. The van der Waals surface area contributed by atoms with E-state index in [0.717, 1.165) is 24.0 Å². The summed E-state index contributed by atoms with van der Waals surface area (Å²) in [6.45, 7) is 0. The van der Waals surface area contributed by atoms with Crippen LogP contribution in [-0.4, -0.2) is 0 Å². The number of hydrogen-bond donors (Lipinski definition) is 0. The average molecular weight is 234 g/mol. The van der Waals surface area contributed by atoms with Crippen molar-refractivity contribution in [2.24, 2.45) is 0 Å². The molecule has 2 rings (SSSR count). The molecule has 1 aromatic carbocycles. The first-order valence-electron chi connectivity index (χ1n) is 4.97. The molecule has 1 aromatic rings. The van der Waals surface area contributed by atoms with Gasteiger partial charge in [-0.3, -0.25) is 0 Å². The normalized spacial score (nSPS) is 15.1. The van der Waals surface area contributed by atoms with Gasteiger partial charge in [-0.2, -0.15) is 5.26 Å². The molecule has 0 amide bonds. The van der Waals surface area contributed by atoms with Gasteiger partial charge in [0.2, 0.25) is 0 Å². The molecule has 0 bridgehead atoms. The van der Waals surface area contributed by atoms with Crippen LogP contribution in [0, 0.1) is 17.1 Å². The van der Waals surface area contributed by atoms with Crippen LogP contribution in [0.1, 0.15) is 24.0 Å². The van der Waals surface area contributed by atoms with Crippen LogP contribution in [0.3, 0.4) is 0 Å². The molecule has 3 heteroatoms. The molecule has 0 heterocycles. The maximum atomic E-state index is 13.4. The van der Waals surface area contributed by atoms with Gasteiger partial charge in [-0.25, -0.2) is 4.39 Å². The van der Waals surface area contributed by atoms with E-state index in [1.807, 2.05) is 12.2 Å². The fourth-order valence-electron chi connectivity index (χ4n) is 1.70. The number of allylic oxidation sites excluding steroid dienone is 4. The second-order valence-electron chi connectivity index (χ2n) is 3.60. The Kier molecular flexibility index (Phi) is 3.07. The minimum atomic E-state index is -0.480. The Morgan fingerprint density at radius 2 is 2.19 bits per heavy atom. The first-order valence-corrected chi connectivity index (χ1v) is 5.35. The summed E-state index contributed by atoms with van der Waals surface area (Å²) in [5.41, 5.74) is 1.88. The van der Waals surface area contributed by atoms with Crippen molar-refractivity contribution in [1.29, 1.82) is 5.26 Å². The van der Waals surface area contributed by atoms with Gasteiger partial charge in [-0.15, -0.1) is 0 Å². The van der Waals surface area contributed by atoms with Gasteiger partial charge in [-0.05, 0) is 42.2 Å². The summed E-state index contributed by atoms with van der Waals surface area (Å²) < 4.78 is 13.4. The number of nitriles is 1. The standard InChI is InChI=1S/C13H9ClFN/c14-12-3-1-2-9(6-12)10-4-5-11(8-16)13(15)7-10/h3-7H,1-2H2. The number of hydrogen-bond acceptors (Lipinski definition) is 1. The van der Waals surface area contributed by atoms with E-state index < -0.39 is 5.82 Å². The number of rotatable bonds is 1. The van der Waals surface area contributed by atoms with Gasteiger partial charge < -0.3 is 0 Å². The molecule has 16 heavy (non-hydrogen) atoms. The van der Waals surface area contributed by atoms with E-state index in [4.69, 9.17) is 16.9 Å². The lowest BCUT2D eigenvalue weighted by molar-refractivity contribution is 0.623. The fraction of sp³-hybridized carbons (Fsp3) is 0.154. The number of halogens is 2. The lowest BCUT2D eigenvalue weighted by atomic mass is 9.96. The topological polar surface area (TPSA) is 23.8 Å². The van der Waals surface area contributed by atoms with Crippen molar-refractivity contribution in [2.45, 2.75) is 12.8 Å². The van der Waals surface area contributed by atoms with Crippen LogP contribution in [0.25, 0.3) is 5.57 Å². The zero-order valence-corrected chi connectivity index (χ0v) is 9.26. The average Bonchev–Trinajstić information content (AvgIpc) is 2.29. The minimum absolute atomic E-state index is 0.0711. The predicted molar refractivity (Wildman–Crippen MR) is 62.3 cm³/mol. The highest BCUT2D eigenvalue weighted by Crippen LogP contribution is 2.28. The summed E-state index contributed by atoms with van der Waals surface area (Å²) in [7, 11) is 0. The maximum absolute atomic E-state index is 13.4. The van der Waals surface area contributed by atoms with E-state index in [1.54, 1.807) is 12.1 Å². The molecule has 1 aliphatic carbocycles. The number of nitrogens with zero attached hydrogens (tertiary/aromatic N) is 1. The second-order valence-corrected chi connectivity index (χ2v) is 4.04. The van der Waals surface area contributed by atoms with Crippen LogP contribution < -0.4 is 0 Å². The molecule has 0 saturated carbocycles. The van der Waals surface area contributed by atoms with Crippen LogP contribution in [0.4, 0.5) is 4.39 Å². The molecule has 0 saturated heterocycles. The van der Waals surface area contributed by atoms with E-state index in [-0.39, 0.29) is 5.56 Å². The van der Waals surface area contributed by atoms with Crippen molar-refractivity contribution in [3.63, 3.8) is 0 Å². The van der Waals surface area contributed by atoms with Crippen molar-refractivity contribution in [3.8, 4) is 6.07 Å². The Labute approximate surface area is 98.5 Å². The molecule has 0 unspecified atom stereocenters. The van der Waals surface area contributed by atoms with Gasteiger partial charge in [0.1, 0.15) is 11.9 Å². The van der Waals surface area contributed by atoms with Crippen molar-refractivity contribution in [3.05, 3.63) is 52.3 Å². The smallest absolute Gasteiger partial charge is 0.141 e. The third kappa shape index (κ3) is 2.15. The first-order chi connectivity index (χ1) is 7.70. The minimum Gasteiger partial charge on any atom is -0.206 e. The number of benzene rings is 1.